The van der Waals surface area contributed by atoms with Gasteiger partial charge in [0.2, 0.25) is 19.3 Å². The average molecular weight is 355 g/mol. The molecule has 26 heavy (non-hydrogen) atoms. The van der Waals surface area contributed by atoms with Gasteiger partial charge in [0.1, 0.15) is 6.10 Å². The Morgan fingerprint density at radius 2 is 1.85 bits per heavy atom. The molecular weight excluding hydrogens is 338 g/mol. The first-order chi connectivity index (χ1) is 12.8. The molecule has 3 aliphatic heterocycles. The minimum Gasteiger partial charge on any atom is -0.493 e. The van der Waals surface area contributed by atoms with Gasteiger partial charge in [-0.3, -0.25) is 0 Å². The normalized spacial score (nSPS) is 19.3. The predicted octanol–water partition coefficient (Wildman–Crippen LogP) is 2.89. The van der Waals surface area contributed by atoms with Crippen molar-refractivity contribution in [2.45, 2.75) is 18.9 Å². The lowest BCUT2D eigenvalue weighted by atomic mass is 9.99. The number of benzene rings is 2. The van der Waals surface area contributed by atoms with Crippen molar-refractivity contribution >= 4 is 5.71 Å². The third-order valence-electron chi connectivity index (χ3n) is 4.62. The number of ether oxygens (including phenoxy) is 5. The first-order valence-corrected chi connectivity index (χ1v) is 8.39. The summed E-state index contributed by atoms with van der Waals surface area (Å²) in [6.45, 7) is 0.475. The van der Waals surface area contributed by atoms with E-state index in [4.69, 9.17) is 28.5 Å². The highest BCUT2D eigenvalue weighted by Gasteiger charge is 2.26. The Morgan fingerprint density at radius 3 is 2.77 bits per heavy atom. The fraction of sp³-hybridized carbons (Fsp3) is 0.316. The number of rotatable bonds is 4. The minimum atomic E-state index is -0.0412. The van der Waals surface area contributed by atoms with Crippen molar-refractivity contribution in [3.63, 3.8) is 0 Å². The molecule has 7 heteroatoms. The van der Waals surface area contributed by atoms with Crippen molar-refractivity contribution in [1.82, 2.24) is 0 Å². The number of nitrogens with zero attached hydrogens (tertiary/aromatic N) is 1. The summed E-state index contributed by atoms with van der Waals surface area (Å²) in [5, 5.41) is 4.26. The maximum atomic E-state index is 5.64. The van der Waals surface area contributed by atoms with Crippen molar-refractivity contribution < 1.29 is 28.5 Å². The molecule has 5 rings (SSSR count). The first kappa shape index (κ1) is 15.2. The summed E-state index contributed by atoms with van der Waals surface area (Å²) in [4.78, 5) is 5.64. The lowest BCUT2D eigenvalue weighted by molar-refractivity contribution is 0.0858. The Hall–Kier alpha value is -3.09. The van der Waals surface area contributed by atoms with E-state index in [1.807, 2.05) is 30.3 Å². The molecule has 0 amide bonds. The monoisotopic (exact) mass is 355 g/mol. The third kappa shape index (κ3) is 2.56. The van der Waals surface area contributed by atoms with E-state index < -0.39 is 0 Å². The summed E-state index contributed by atoms with van der Waals surface area (Å²) in [5.41, 5.74) is 2.94. The van der Waals surface area contributed by atoms with Gasteiger partial charge in [-0.1, -0.05) is 5.16 Å². The van der Waals surface area contributed by atoms with E-state index in [0.717, 1.165) is 34.8 Å². The van der Waals surface area contributed by atoms with E-state index in [1.54, 1.807) is 7.11 Å². The summed E-state index contributed by atoms with van der Waals surface area (Å²) < 4.78 is 27.1. The molecule has 7 nitrogen and oxygen atoms in total. The fourth-order valence-electron chi connectivity index (χ4n) is 3.35. The second-order valence-corrected chi connectivity index (χ2v) is 6.27. The molecule has 0 saturated heterocycles. The lowest BCUT2D eigenvalue weighted by Gasteiger charge is -2.11. The first-order valence-electron chi connectivity index (χ1n) is 8.39. The SMILES string of the molecule is COc1cc(C[C@@H]2CC(c3ccc4c(c3)OCO4)=NO2)cc2c1OCO2. The van der Waals surface area contributed by atoms with Gasteiger partial charge in [0.15, 0.2) is 23.0 Å². The summed E-state index contributed by atoms with van der Waals surface area (Å²) in [6.07, 6.45) is 1.38. The fourth-order valence-corrected chi connectivity index (χ4v) is 3.35. The second kappa shape index (κ2) is 6.01. The zero-order valence-corrected chi connectivity index (χ0v) is 14.2. The molecule has 2 aromatic rings. The zero-order valence-electron chi connectivity index (χ0n) is 14.2. The van der Waals surface area contributed by atoms with Crippen LogP contribution in [0.5, 0.6) is 28.7 Å². The van der Waals surface area contributed by atoms with Crippen molar-refractivity contribution in [3.8, 4) is 28.7 Å². The van der Waals surface area contributed by atoms with E-state index in [1.165, 1.54) is 0 Å². The van der Waals surface area contributed by atoms with Gasteiger partial charge in [0.05, 0.1) is 12.8 Å². The quantitative estimate of drug-likeness (QED) is 0.840. The lowest BCUT2D eigenvalue weighted by Crippen LogP contribution is -2.12. The molecule has 0 bridgehead atoms. The molecule has 2 aromatic carbocycles. The zero-order chi connectivity index (χ0) is 17.5. The molecule has 0 fully saturated rings. The Balaban J connectivity index is 1.31. The van der Waals surface area contributed by atoms with Crippen molar-refractivity contribution in [2.24, 2.45) is 5.16 Å². The van der Waals surface area contributed by atoms with Gasteiger partial charge in [0.25, 0.3) is 0 Å². The highest BCUT2D eigenvalue weighted by Crippen LogP contribution is 2.42. The molecule has 0 spiro atoms. The molecule has 0 N–H and O–H groups in total. The number of fused-ring (bicyclic) bond motifs is 2. The van der Waals surface area contributed by atoms with E-state index in [2.05, 4.69) is 5.16 Å². The van der Waals surface area contributed by atoms with Gasteiger partial charge < -0.3 is 28.5 Å². The summed E-state index contributed by atoms with van der Waals surface area (Å²) in [7, 11) is 1.62. The largest absolute Gasteiger partial charge is 0.493 e. The molecular formula is C19H17NO6. The van der Waals surface area contributed by atoms with Gasteiger partial charge in [-0.25, -0.2) is 0 Å². The highest BCUT2D eigenvalue weighted by atomic mass is 16.7. The van der Waals surface area contributed by atoms with Gasteiger partial charge in [-0.05, 0) is 35.9 Å². The van der Waals surface area contributed by atoms with Crippen LogP contribution in [0, 0.1) is 0 Å². The van der Waals surface area contributed by atoms with E-state index in [0.29, 0.717) is 23.7 Å². The molecule has 0 unspecified atom stereocenters. The van der Waals surface area contributed by atoms with Crippen LogP contribution in [0.3, 0.4) is 0 Å². The standard InChI is InChI=1S/C19H17NO6/c1-21-17-5-11(6-18-19(17)25-10-24-18)4-13-8-14(20-26-13)12-2-3-15-16(7-12)23-9-22-15/h2-3,5-7,13H,4,8-10H2,1H3/t13-/m1/s1. The van der Waals surface area contributed by atoms with Crippen LogP contribution in [-0.4, -0.2) is 32.5 Å². The molecule has 0 saturated carbocycles. The van der Waals surface area contributed by atoms with E-state index in [9.17, 15) is 0 Å². The van der Waals surface area contributed by atoms with E-state index >= 15 is 0 Å². The summed E-state index contributed by atoms with van der Waals surface area (Å²) in [5.74, 6) is 3.53. The van der Waals surface area contributed by atoms with Crippen LogP contribution in [-0.2, 0) is 11.3 Å². The van der Waals surface area contributed by atoms with Crippen LogP contribution in [0.2, 0.25) is 0 Å². The number of hydrogen-bond donors (Lipinski definition) is 0. The van der Waals surface area contributed by atoms with Crippen LogP contribution in [0.15, 0.2) is 35.5 Å². The average Bonchev–Trinajstić information content (AvgIpc) is 3.40. The Kier molecular flexibility index (Phi) is 3.51. The maximum absolute atomic E-state index is 5.64. The smallest absolute Gasteiger partial charge is 0.231 e. The number of oxime groups is 1. The van der Waals surface area contributed by atoms with Gasteiger partial charge in [-0.15, -0.1) is 0 Å². The van der Waals surface area contributed by atoms with Crippen LogP contribution in [0.4, 0.5) is 0 Å². The molecule has 1 atom stereocenters. The molecule has 0 radical (unpaired) electrons. The molecule has 3 heterocycles. The Labute approximate surface area is 150 Å². The molecule has 134 valence electrons. The van der Waals surface area contributed by atoms with Gasteiger partial charge in [-0.2, -0.15) is 0 Å². The second-order valence-electron chi connectivity index (χ2n) is 6.27. The summed E-state index contributed by atoms with van der Waals surface area (Å²) >= 11 is 0. The van der Waals surface area contributed by atoms with Crippen molar-refractivity contribution in [1.29, 1.82) is 0 Å². The minimum absolute atomic E-state index is 0.0412. The molecule has 3 aliphatic rings. The Bertz CT molecular complexity index is 894. The van der Waals surface area contributed by atoms with Crippen molar-refractivity contribution in [2.75, 3.05) is 20.7 Å². The van der Waals surface area contributed by atoms with Crippen LogP contribution >= 0.6 is 0 Å². The van der Waals surface area contributed by atoms with Gasteiger partial charge in [0, 0.05) is 18.4 Å². The number of methoxy groups -OCH3 is 1. The highest BCUT2D eigenvalue weighted by molar-refractivity contribution is 6.01. The van der Waals surface area contributed by atoms with Crippen molar-refractivity contribution in [3.05, 3.63) is 41.5 Å². The topological polar surface area (TPSA) is 67.7 Å². The number of hydrogen-bond acceptors (Lipinski definition) is 7. The van der Waals surface area contributed by atoms with Crippen LogP contribution in [0.1, 0.15) is 17.5 Å². The van der Waals surface area contributed by atoms with E-state index in [-0.39, 0.29) is 19.7 Å². The summed E-state index contributed by atoms with van der Waals surface area (Å²) in [6, 6.07) is 9.73. The molecule has 0 aromatic heterocycles. The van der Waals surface area contributed by atoms with Gasteiger partial charge >= 0.3 is 0 Å². The maximum Gasteiger partial charge on any atom is 0.231 e. The Morgan fingerprint density at radius 1 is 1.00 bits per heavy atom. The van der Waals surface area contributed by atoms with Crippen LogP contribution < -0.4 is 23.7 Å². The third-order valence-corrected chi connectivity index (χ3v) is 4.62. The molecule has 0 aliphatic carbocycles. The van der Waals surface area contributed by atoms with Crippen LogP contribution in [0.25, 0.3) is 0 Å². The predicted molar refractivity (Wildman–Crippen MR) is 91.4 cm³/mol.